The molecule has 0 saturated carbocycles. The predicted molar refractivity (Wildman–Crippen MR) is 92.4 cm³/mol. The standard InChI is InChI=1S/C20H27NO/c1-16(19-7-5-4-6-8-19)15-21-17(2)9-10-18-11-13-20(22-3)14-12-18/h4-8,11-14,16-17,21H,9-10,15H2,1-3H3/p+1/t16-,17+/m0/s1. The molecule has 0 aliphatic rings. The molecule has 118 valence electrons. The van der Waals surface area contributed by atoms with E-state index in [0.717, 1.165) is 18.7 Å². The van der Waals surface area contributed by atoms with Crippen LogP contribution in [0.4, 0.5) is 0 Å². The van der Waals surface area contributed by atoms with Crippen LogP contribution in [0.15, 0.2) is 54.6 Å². The summed E-state index contributed by atoms with van der Waals surface area (Å²) in [5, 5.41) is 2.47. The second-order valence-electron chi connectivity index (χ2n) is 6.15. The van der Waals surface area contributed by atoms with Crippen LogP contribution >= 0.6 is 0 Å². The molecule has 0 radical (unpaired) electrons. The van der Waals surface area contributed by atoms with Crippen LogP contribution in [0, 0.1) is 0 Å². The van der Waals surface area contributed by atoms with Crippen molar-refractivity contribution in [3.05, 3.63) is 65.7 Å². The third kappa shape index (κ3) is 5.19. The number of aryl methyl sites for hydroxylation is 1. The lowest BCUT2D eigenvalue weighted by Crippen LogP contribution is -2.90. The van der Waals surface area contributed by atoms with Crippen molar-refractivity contribution in [1.29, 1.82) is 0 Å². The predicted octanol–water partition coefficient (Wildman–Crippen LogP) is 3.38. The molecule has 0 fully saturated rings. The van der Waals surface area contributed by atoms with Crippen LogP contribution in [-0.4, -0.2) is 19.7 Å². The van der Waals surface area contributed by atoms with Gasteiger partial charge in [0, 0.05) is 12.3 Å². The van der Waals surface area contributed by atoms with Gasteiger partial charge in [-0.15, -0.1) is 0 Å². The van der Waals surface area contributed by atoms with E-state index in [2.05, 4.69) is 61.6 Å². The Hall–Kier alpha value is -1.80. The average Bonchev–Trinajstić information content (AvgIpc) is 2.59. The molecule has 0 aliphatic carbocycles. The first kappa shape index (κ1) is 16.6. The summed E-state index contributed by atoms with van der Waals surface area (Å²) in [7, 11) is 1.71. The van der Waals surface area contributed by atoms with Gasteiger partial charge in [-0.1, -0.05) is 49.4 Å². The molecule has 0 aromatic heterocycles. The minimum Gasteiger partial charge on any atom is -0.497 e. The Balaban J connectivity index is 1.72. The highest BCUT2D eigenvalue weighted by atomic mass is 16.5. The molecular formula is C20H28NO+. The third-order valence-corrected chi connectivity index (χ3v) is 4.31. The van der Waals surface area contributed by atoms with Crippen molar-refractivity contribution < 1.29 is 10.1 Å². The summed E-state index contributed by atoms with van der Waals surface area (Å²) < 4.78 is 5.20. The van der Waals surface area contributed by atoms with Crippen LogP contribution in [0.3, 0.4) is 0 Å². The van der Waals surface area contributed by atoms with Gasteiger partial charge in [0.25, 0.3) is 0 Å². The second-order valence-corrected chi connectivity index (χ2v) is 6.15. The molecule has 0 saturated heterocycles. The minimum atomic E-state index is 0.602. The van der Waals surface area contributed by atoms with Gasteiger partial charge in [0.1, 0.15) is 5.75 Å². The summed E-state index contributed by atoms with van der Waals surface area (Å²) in [5.74, 6) is 1.53. The molecule has 2 heteroatoms. The zero-order valence-corrected chi connectivity index (χ0v) is 14.0. The van der Waals surface area contributed by atoms with Crippen molar-refractivity contribution in [3.63, 3.8) is 0 Å². The van der Waals surface area contributed by atoms with Gasteiger partial charge >= 0.3 is 0 Å². The van der Waals surface area contributed by atoms with Crippen molar-refractivity contribution in [3.8, 4) is 5.75 Å². The normalized spacial score (nSPS) is 13.6. The fourth-order valence-corrected chi connectivity index (χ4v) is 2.66. The molecule has 2 aromatic carbocycles. The zero-order valence-electron chi connectivity index (χ0n) is 14.0. The Labute approximate surface area is 134 Å². The van der Waals surface area contributed by atoms with Crippen molar-refractivity contribution in [2.45, 2.75) is 38.6 Å². The summed E-state index contributed by atoms with van der Waals surface area (Å²) in [4.78, 5) is 0. The van der Waals surface area contributed by atoms with Gasteiger partial charge in [0.2, 0.25) is 0 Å². The maximum atomic E-state index is 5.20. The van der Waals surface area contributed by atoms with E-state index in [1.54, 1.807) is 7.11 Å². The molecule has 0 bridgehead atoms. The van der Waals surface area contributed by atoms with Crippen molar-refractivity contribution >= 4 is 0 Å². The summed E-state index contributed by atoms with van der Waals surface area (Å²) in [6.45, 7) is 5.77. The number of nitrogens with two attached hydrogens (primary N) is 1. The molecule has 2 aromatic rings. The van der Waals surface area contributed by atoms with Crippen LogP contribution in [0.5, 0.6) is 5.75 Å². The molecule has 0 heterocycles. The number of ether oxygens (including phenoxy) is 1. The number of hydrogen-bond acceptors (Lipinski definition) is 1. The quantitative estimate of drug-likeness (QED) is 0.794. The molecule has 0 aliphatic heterocycles. The summed E-state index contributed by atoms with van der Waals surface area (Å²) in [6, 6.07) is 19.8. The Morgan fingerprint density at radius 2 is 1.64 bits per heavy atom. The summed E-state index contributed by atoms with van der Waals surface area (Å²) in [5.41, 5.74) is 2.82. The second kappa shape index (κ2) is 8.60. The van der Waals surface area contributed by atoms with Gasteiger partial charge in [-0.2, -0.15) is 0 Å². The Bertz CT molecular complexity index is 535. The van der Waals surface area contributed by atoms with Crippen molar-refractivity contribution in [2.75, 3.05) is 13.7 Å². The molecule has 0 unspecified atom stereocenters. The molecule has 2 rings (SSSR count). The first-order chi connectivity index (χ1) is 10.7. The molecule has 2 N–H and O–H groups in total. The molecule has 22 heavy (non-hydrogen) atoms. The number of hydrogen-bond donors (Lipinski definition) is 1. The number of benzene rings is 2. The van der Waals surface area contributed by atoms with E-state index >= 15 is 0 Å². The monoisotopic (exact) mass is 298 g/mol. The Morgan fingerprint density at radius 3 is 2.27 bits per heavy atom. The lowest BCUT2D eigenvalue weighted by Gasteiger charge is -2.15. The first-order valence-electron chi connectivity index (χ1n) is 8.20. The van der Waals surface area contributed by atoms with Crippen LogP contribution < -0.4 is 10.1 Å². The highest BCUT2D eigenvalue weighted by molar-refractivity contribution is 5.27. The SMILES string of the molecule is COc1ccc(CC[C@@H](C)[NH2+]C[C@H](C)c2ccccc2)cc1. The van der Waals surface area contributed by atoms with Gasteiger partial charge in [0.05, 0.1) is 19.7 Å². The molecular weight excluding hydrogens is 270 g/mol. The van der Waals surface area contributed by atoms with Gasteiger partial charge in [0.15, 0.2) is 0 Å². The topological polar surface area (TPSA) is 25.8 Å². The zero-order chi connectivity index (χ0) is 15.8. The highest BCUT2D eigenvalue weighted by Gasteiger charge is 2.10. The van der Waals surface area contributed by atoms with E-state index in [-0.39, 0.29) is 0 Å². The molecule has 2 atom stereocenters. The third-order valence-electron chi connectivity index (χ3n) is 4.31. The van der Waals surface area contributed by atoms with Crippen LogP contribution in [0.1, 0.15) is 37.3 Å². The van der Waals surface area contributed by atoms with E-state index < -0.39 is 0 Å². The highest BCUT2D eigenvalue weighted by Crippen LogP contribution is 2.13. The summed E-state index contributed by atoms with van der Waals surface area (Å²) in [6.07, 6.45) is 2.33. The Kier molecular flexibility index (Phi) is 6.47. The average molecular weight is 298 g/mol. The fraction of sp³-hybridized carbons (Fsp3) is 0.400. The maximum absolute atomic E-state index is 5.20. The van der Waals surface area contributed by atoms with Crippen molar-refractivity contribution in [1.82, 2.24) is 0 Å². The molecule has 0 amide bonds. The number of quaternary nitrogens is 1. The molecule has 2 nitrogen and oxygen atoms in total. The smallest absolute Gasteiger partial charge is 0.118 e. The van der Waals surface area contributed by atoms with E-state index in [4.69, 9.17) is 4.74 Å². The number of methoxy groups -OCH3 is 1. The van der Waals surface area contributed by atoms with Gasteiger partial charge in [-0.05, 0) is 36.6 Å². The van der Waals surface area contributed by atoms with E-state index in [9.17, 15) is 0 Å². The van der Waals surface area contributed by atoms with Crippen molar-refractivity contribution in [2.24, 2.45) is 0 Å². The largest absolute Gasteiger partial charge is 0.497 e. The number of rotatable bonds is 8. The van der Waals surface area contributed by atoms with E-state index in [0.29, 0.717) is 12.0 Å². The summed E-state index contributed by atoms with van der Waals surface area (Å²) >= 11 is 0. The van der Waals surface area contributed by atoms with Gasteiger partial charge in [-0.25, -0.2) is 0 Å². The van der Waals surface area contributed by atoms with Crippen LogP contribution in [-0.2, 0) is 6.42 Å². The lowest BCUT2D eigenvalue weighted by atomic mass is 10.0. The minimum absolute atomic E-state index is 0.602. The Morgan fingerprint density at radius 1 is 0.955 bits per heavy atom. The van der Waals surface area contributed by atoms with E-state index in [1.165, 1.54) is 17.5 Å². The van der Waals surface area contributed by atoms with Crippen LogP contribution in [0.2, 0.25) is 0 Å². The van der Waals surface area contributed by atoms with Crippen LogP contribution in [0.25, 0.3) is 0 Å². The maximum Gasteiger partial charge on any atom is 0.118 e. The first-order valence-corrected chi connectivity index (χ1v) is 8.20. The van der Waals surface area contributed by atoms with Gasteiger partial charge in [-0.3, -0.25) is 0 Å². The van der Waals surface area contributed by atoms with Gasteiger partial charge < -0.3 is 10.1 Å². The lowest BCUT2D eigenvalue weighted by molar-refractivity contribution is -0.688. The van der Waals surface area contributed by atoms with E-state index in [1.807, 2.05) is 12.1 Å². The fourth-order valence-electron chi connectivity index (χ4n) is 2.66. The molecule has 0 spiro atoms.